The molecule has 2 amide bonds. The number of anilines is 3. The van der Waals surface area contributed by atoms with Crippen LogP contribution in [0.4, 0.5) is 21.9 Å². The van der Waals surface area contributed by atoms with Gasteiger partial charge in [0.1, 0.15) is 0 Å². The van der Waals surface area contributed by atoms with E-state index in [4.69, 9.17) is 4.74 Å². The van der Waals surface area contributed by atoms with Crippen molar-refractivity contribution in [2.24, 2.45) is 0 Å². The molecule has 0 bridgehead atoms. The number of piperazine rings is 1. The van der Waals surface area contributed by atoms with Crippen LogP contribution in [0.5, 0.6) is 11.5 Å². The lowest BCUT2D eigenvalue weighted by Crippen LogP contribution is -2.52. The first-order valence-electron chi connectivity index (χ1n) is 10.1. The van der Waals surface area contributed by atoms with Gasteiger partial charge in [-0.2, -0.15) is 0 Å². The van der Waals surface area contributed by atoms with Crippen LogP contribution in [0.1, 0.15) is 5.56 Å². The smallest absolute Gasteiger partial charge is 0.329 e. The minimum absolute atomic E-state index is 0.0338. The highest BCUT2D eigenvalue weighted by Crippen LogP contribution is 2.46. The standard InChI is InChI=1S/C24H23N3O3/c28-17-18-9-11-19(12-10-18)25-13-15-26(16-14-25)24(29)27-20-5-1-3-7-22(20)30-23-8-4-2-6-21(23)27/h1-12,28H,13-17H2. The second-order valence-corrected chi connectivity index (χ2v) is 7.45. The van der Waals surface area contributed by atoms with E-state index >= 15 is 0 Å². The largest absolute Gasteiger partial charge is 0.453 e. The second-order valence-electron chi connectivity index (χ2n) is 7.45. The number of benzene rings is 3. The zero-order valence-electron chi connectivity index (χ0n) is 16.6. The highest BCUT2D eigenvalue weighted by molar-refractivity contribution is 6.03. The highest BCUT2D eigenvalue weighted by Gasteiger charge is 2.33. The van der Waals surface area contributed by atoms with Crippen LogP contribution in [0.2, 0.25) is 0 Å². The predicted octanol–water partition coefficient (Wildman–Crippen LogP) is 4.36. The molecule has 2 heterocycles. The van der Waals surface area contributed by atoms with E-state index in [0.717, 1.165) is 35.7 Å². The van der Waals surface area contributed by atoms with E-state index in [2.05, 4.69) is 4.90 Å². The summed E-state index contributed by atoms with van der Waals surface area (Å²) in [5.41, 5.74) is 3.55. The quantitative estimate of drug-likeness (QED) is 0.693. The van der Waals surface area contributed by atoms with Crippen LogP contribution in [0.3, 0.4) is 0 Å². The SMILES string of the molecule is O=C(N1CCN(c2ccc(CO)cc2)CC1)N1c2ccccc2Oc2ccccc21. The van der Waals surface area contributed by atoms with Crippen molar-refractivity contribution < 1.29 is 14.6 Å². The maximum Gasteiger partial charge on any atom is 0.329 e. The third-order valence-electron chi connectivity index (χ3n) is 5.66. The van der Waals surface area contributed by atoms with E-state index in [0.29, 0.717) is 24.6 Å². The minimum Gasteiger partial charge on any atom is -0.453 e. The maximum atomic E-state index is 13.6. The van der Waals surface area contributed by atoms with Crippen molar-refractivity contribution in [2.75, 3.05) is 36.0 Å². The Hall–Kier alpha value is -3.51. The molecule has 3 aromatic carbocycles. The van der Waals surface area contributed by atoms with Gasteiger partial charge in [0, 0.05) is 31.9 Å². The molecule has 0 aromatic heterocycles. The number of aliphatic hydroxyl groups excluding tert-OH is 1. The van der Waals surface area contributed by atoms with E-state index in [9.17, 15) is 9.90 Å². The maximum absolute atomic E-state index is 13.6. The molecule has 1 N–H and O–H groups in total. The molecular formula is C24H23N3O3. The number of hydrogen-bond acceptors (Lipinski definition) is 4. The first-order chi connectivity index (χ1) is 14.7. The van der Waals surface area contributed by atoms with Gasteiger partial charge in [-0.15, -0.1) is 0 Å². The van der Waals surface area contributed by atoms with Crippen LogP contribution in [0.25, 0.3) is 0 Å². The Labute approximate surface area is 175 Å². The molecule has 1 saturated heterocycles. The van der Waals surface area contributed by atoms with Crippen molar-refractivity contribution in [3.8, 4) is 11.5 Å². The third-order valence-corrected chi connectivity index (χ3v) is 5.66. The van der Waals surface area contributed by atoms with Gasteiger partial charge in [0.2, 0.25) is 0 Å². The number of para-hydroxylation sites is 4. The van der Waals surface area contributed by atoms with Gasteiger partial charge < -0.3 is 19.6 Å². The Bertz CT molecular complexity index is 1010. The van der Waals surface area contributed by atoms with Crippen molar-refractivity contribution in [1.82, 2.24) is 4.90 Å². The molecule has 0 atom stereocenters. The Morgan fingerprint density at radius 1 is 0.800 bits per heavy atom. The van der Waals surface area contributed by atoms with Crippen molar-refractivity contribution >= 4 is 23.1 Å². The van der Waals surface area contributed by atoms with Gasteiger partial charge in [-0.25, -0.2) is 4.79 Å². The number of urea groups is 1. The molecule has 5 rings (SSSR count). The molecule has 0 saturated carbocycles. The fourth-order valence-electron chi connectivity index (χ4n) is 4.02. The first kappa shape index (κ1) is 18.5. The molecule has 0 aliphatic carbocycles. The summed E-state index contributed by atoms with van der Waals surface area (Å²) in [4.78, 5) is 19.5. The van der Waals surface area contributed by atoms with Crippen molar-refractivity contribution in [1.29, 1.82) is 0 Å². The average Bonchev–Trinajstić information content (AvgIpc) is 2.82. The summed E-state index contributed by atoms with van der Waals surface area (Å²) in [6, 6.07) is 23.2. The topological polar surface area (TPSA) is 56.2 Å². The Morgan fingerprint density at radius 2 is 1.37 bits per heavy atom. The van der Waals surface area contributed by atoms with Gasteiger partial charge in [-0.3, -0.25) is 4.90 Å². The number of fused-ring (bicyclic) bond motifs is 2. The number of ether oxygens (including phenoxy) is 1. The molecule has 152 valence electrons. The summed E-state index contributed by atoms with van der Waals surface area (Å²) < 4.78 is 6.00. The Balaban J connectivity index is 1.36. The Kier molecular flexibility index (Phi) is 4.77. The number of amides is 2. The molecule has 0 spiro atoms. The summed E-state index contributed by atoms with van der Waals surface area (Å²) in [6.07, 6.45) is 0. The predicted molar refractivity (Wildman–Crippen MR) is 117 cm³/mol. The molecule has 30 heavy (non-hydrogen) atoms. The second kappa shape index (κ2) is 7.72. The lowest BCUT2D eigenvalue weighted by atomic mass is 10.1. The molecule has 0 radical (unpaired) electrons. The summed E-state index contributed by atoms with van der Waals surface area (Å²) in [6.45, 7) is 2.85. The number of aliphatic hydroxyl groups is 1. The van der Waals surface area contributed by atoms with Crippen LogP contribution in [-0.4, -0.2) is 42.2 Å². The zero-order valence-corrected chi connectivity index (χ0v) is 16.6. The summed E-state index contributed by atoms with van der Waals surface area (Å²) in [7, 11) is 0. The van der Waals surface area contributed by atoms with E-state index in [-0.39, 0.29) is 12.6 Å². The molecule has 2 aliphatic heterocycles. The fourth-order valence-corrected chi connectivity index (χ4v) is 4.02. The van der Waals surface area contributed by atoms with Gasteiger partial charge >= 0.3 is 6.03 Å². The molecule has 2 aliphatic rings. The van der Waals surface area contributed by atoms with Crippen LogP contribution in [-0.2, 0) is 6.61 Å². The molecule has 6 heteroatoms. The first-order valence-corrected chi connectivity index (χ1v) is 10.1. The van der Waals surface area contributed by atoms with Gasteiger partial charge in [0.25, 0.3) is 0 Å². The normalized spacial score (nSPS) is 15.3. The van der Waals surface area contributed by atoms with Gasteiger partial charge in [-0.05, 0) is 42.0 Å². The molecule has 1 fully saturated rings. The molecule has 3 aromatic rings. The van der Waals surface area contributed by atoms with Gasteiger partial charge in [-0.1, -0.05) is 36.4 Å². The van der Waals surface area contributed by atoms with Gasteiger partial charge in [0.15, 0.2) is 11.5 Å². The number of carbonyl (C=O) groups is 1. The van der Waals surface area contributed by atoms with E-state index in [1.165, 1.54) is 0 Å². The number of nitrogens with zero attached hydrogens (tertiary/aromatic N) is 3. The van der Waals surface area contributed by atoms with Crippen molar-refractivity contribution in [2.45, 2.75) is 6.61 Å². The van der Waals surface area contributed by atoms with Crippen LogP contribution >= 0.6 is 0 Å². The zero-order chi connectivity index (χ0) is 20.5. The molecule has 0 unspecified atom stereocenters. The fraction of sp³-hybridized carbons (Fsp3) is 0.208. The Morgan fingerprint density at radius 3 is 1.93 bits per heavy atom. The number of carbonyl (C=O) groups excluding carboxylic acids is 1. The lowest BCUT2D eigenvalue weighted by molar-refractivity contribution is 0.203. The van der Waals surface area contributed by atoms with Crippen LogP contribution < -0.4 is 14.5 Å². The van der Waals surface area contributed by atoms with Crippen LogP contribution in [0.15, 0.2) is 72.8 Å². The summed E-state index contributed by atoms with van der Waals surface area (Å²) >= 11 is 0. The van der Waals surface area contributed by atoms with E-state index < -0.39 is 0 Å². The van der Waals surface area contributed by atoms with Gasteiger partial charge in [0.05, 0.1) is 18.0 Å². The molecular weight excluding hydrogens is 378 g/mol. The van der Waals surface area contributed by atoms with Crippen molar-refractivity contribution in [3.05, 3.63) is 78.4 Å². The minimum atomic E-state index is -0.0338. The number of rotatable bonds is 2. The van der Waals surface area contributed by atoms with Crippen molar-refractivity contribution in [3.63, 3.8) is 0 Å². The lowest BCUT2D eigenvalue weighted by Gasteiger charge is -2.40. The number of hydrogen-bond donors (Lipinski definition) is 1. The highest BCUT2D eigenvalue weighted by atomic mass is 16.5. The average molecular weight is 401 g/mol. The van der Waals surface area contributed by atoms with E-state index in [1.54, 1.807) is 4.90 Å². The van der Waals surface area contributed by atoms with Crippen LogP contribution in [0, 0.1) is 0 Å². The van der Waals surface area contributed by atoms with E-state index in [1.807, 2.05) is 77.7 Å². The monoisotopic (exact) mass is 401 g/mol. The molecule has 6 nitrogen and oxygen atoms in total. The summed E-state index contributed by atoms with van der Waals surface area (Å²) in [5.74, 6) is 1.37. The third kappa shape index (κ3) is 3.25. The summed E-state index contributed by atoms with van der Waals surface area (Å²) in [5, 5.41) is 9.23.